The third-order valence-corrected chi connectivity index (χ3v) is 3.67. The summed E-state index contributed by atoms with van der Waals surface area (Å²) >= 11 is 0. The van der Waals surface area contributed by atoms with Crippen LogP contribution in [0.4, 0.5) is 0 Å². The third kappa shape index (κ3) is 3.29. The van der Waals surface area contributed by atoms with Crippen LogP contribution in [-0.4, -0.2) is 21.2 Å². The molecule has 0 spiro atoms. The first-order valence-corrected chi connectivity index (χ1v) is 7.40. The Kier molecular flexibility index (Phi) is 4.19. The molecule has 2 aromatic heterocycles. The third-order valence-electron chi connectivity index (χ3n) is 3.67. The van der Waals surface area contributed by atoms with Gasteiger partial charge in [0.1, 0.15) is 6.54 Å². The maximum atomic E-state index is 12.2. The molecule has 0 aliphatic heterocycles. The van der Waals surface area contributed by atoms with Crippen molar-refractivity contribution in [2.45, 2.75) is 20.0 Å². The minimum atomic E-state index is -0.119. The molecule has 5 heteroatoms. The van der Waals surface area contributed by atoms with Crippen LogP contribution >= 0.6 is 0 Å². The fourth-order valence-electron chi connectivity index (χ4n) is 2.56. The van der Waals surface area contributed by atoms with Crippen LogP contribution in [0.2, 0.25) is 0 Å². The highest BCUT2D eigenvalue weighted by molar-refractivity contribution is 6.07. The molecule has 0 fully saturated rings. The summed E-state index contributed by atoms with van der Waals surface area (Å²) in [6, 6.07) is 13.2. The van der Waals surface area contributed by atoms with Crippen LogP contribution in [0.1, 0.15) is 23.0 Å². The summed E-state index contributed by atoms with van der Waals surface area (Å²) in [5.41, 5.74) is 2.33. The number of benzene rings is 1. The van der Waals surface area contributed by atoms with E-state index in [1.54, 1.807) is 17.0 Å². The second-order valence-electron chi connectivity index (χ2n) is 5.34. The van der Waals surface area contributed by atoms with Crippen molar-refractivity contribution in [3.63, 3.8) is 0 Å². The molecule has 0 aliphatic carbocycles. The maximum Gasteiger partial charge on any atom is 0.240 e. The second-order valence-corrected chi connectivity index (χ2v) is 5.34. The Bertz CT molecular complexity index is 853. The molecular formula is C18H17N3O2. The van der Waals surface area contributed by atoms with Crippen LogP contribution < -0.4 is 5.32 Å². The van der Waals surface area contributed by atoms with Gasteiger partial charge >= 0.3 is 0 Å². The molecule has 5 nitrogen and oxygen atoms in total. The molecular weight excluding hydrogens is 290 g/mol. The Morgan fingerprint density at radius 1 is 1.13 bits per heavy atom. The predicted octanol–water partition coefficient (Wildman–Crippen LogP) is 2.56. The van der Waals surface area contributed by atoms with Gasteiger partial charge in [0.2, 0.25) is 5.91 Å². The van der Waals surface area contributed by atoms with E-state index in [4.69, 9.17) is 0 Å². The number of hydrogen-bond donors (Lipinski definition) is 1. The number of carbonyl (C=O) groups is 2. The minimum absolute atomic E-state index is 0.00570. The number of Topliss-reactive ketones (excluding diaryl/α,β-unsaturated/α-hetero) is 1. The molecule has 0 radical (unpaired) electrons. The predicted molar refractivity (Wildman–Crippen MR) is 88.0 cm³/mol. The Labute approximate surface area is 134 Å². The van der Waals surface area contributed by atoms with Gasteiger partial charge in [-0.05, 0) is 25.1 Å². The number of para-hydroxylation sites is 1. The molecule has 116 valence electrons. The largest absolute Gasteiger partial charge is 0.349 e. The van der Waals surface area contributed by atoms with Crippen LogP contribution in [0, 0.1) is 0 Å². The van der Waals surface area contributed by atoms with Crippen molar-refractivity contribution < 1.29 is 9.59 Å². The van der Waals surface area contributed by atoms with Crippen LogP contribution in [-0.2, 0) is 17.9 Å². The number of rotatable bonds is 5. The van der Waals surface area contributed by atoms with Crippen molar-refractivity contribution in [3.8, 4) is 0 Å². The lowest BCUT2D eigenvalue weighted by atomic mass is 10.1. The zero-order chi connectivity index (χ0) is 16.2. The first kappa shape index (κ1) is 15.0. The maximum absolute atomic E-state index is 12.2. The molecule has 1 N–H and O–H groups in total. The Balaban J connectivity index is 1.76. The van der Waals surface area contributed by atoms with Crippen molar-refractivity contribution in [2.75, 3.05) is 0 Å². The Morgan fingerprint density at radius 3 is 2.65 bits per heavy atom. The number of nitrogens with one attached hydrogen (secondary N) is 1. The van der Waals surface area contributed by atoms with Crippen LogP contribution in [0.3, 0.4) is 0 Å². The number of fused-ring (bicyclic) bond motifs is 1. The van der Waals surface area contributed by atoms with E-state index in [1.165, 1.54) is 6.92 Å². The van der Waals surface area contributed by atoms with Crippen LogP contribution in [0.5, 0.6) is 0 Å². The van der Waals surface area contributed by atoms with E-state index in [-0.39, 0.29) is 18.2 Å². The van der Waals surface area contributed by atoms with Gasteiger partial charge in [-0.15, -0.1) is 0 Å². The topological polar surface area (TPSA) is 64.0 Å². The first-order chi connectivity index (χ1) is 11.1. The zero-order valence-electron chi connectivity index (χ0n) is 12.8. The fraction of sp³-hybridized carbons (Fsp3) is 0.167. The van der Waals surface area contributed by atoms with Gasteiger partial charge in [0.25, 0.3) is 0 Å². The molecule has 1 amide bonds. The SMILES string of the molecule is CC(=O)c1cn(CC(=O)NCc2ccccn2)c2ccccc12. The van der Waals surface area contributed by atoms with Gasteiger partial charge in [-0.1, -0.05) is 24.3 Å². The minimum Gasteiger partial charge on any atom is -0.349 e. The van der Waals surface area contributed by atoms with E-state index in [1.807, 2.05) is 42.5 Å². The molecule has 0 bridgehead atoms. The molecule has 0 atom stereocenters. The smallest absolute Gasteiger partial charge is 0.240 e. The number of nitrogens with zero attached hydrogens (tertiary/aromatic N) is 2. The van der Waals surface area contributed by atoms with E-state index >= 15 is 0 Å². The molecule has 0 aliphatic rings. The van der Waals surface area contributed by atoms with Gasteiger partial charge in [-0.3, -0.25) is 14.6 Å². The summed E-state index contributed by atoms with van der Waals surface area (Å²) < 4.78 is 1.81. The Hall–Kier alpha value is -2.95. The van der Waals surface area contributed by atoms with Gasteiger partial charge in [0.15, 0.2) is 5.78 Å². The van der Waals surface area contributed by atoms with Crippen molar-refractivity contribution in [1.29, 1.82) is 0 Å². The van der Waals surface area contributed by atoms with E-state index < -0.39 is 0 Å². The monoisotopic (exact) mass is 307 g/mol. The lowest BCUT2D eigenvalue weighted by Crippen LogP contribution is -2.27. The lowest BCUT2D eigenvalue weighted by molar-refractivity contribution is -0.121. The van der Waals surface area contributed by atoms with Crippen molar-refractivity contribution in [3.05, 3.63) is 66.1 Å². The molecule has 0 unspecified atom stereocenters. The van der Waals surface area contributed by atoms with E-state index in [0.717, 1.165) is 16.6 Å². The van der Waals surface area contributed by atoms with Crippen LogP contribution in [0.15, 0.2) is 54.9 Å². The highest BCUT2D eigenvalue weighted by atomic mass is 16.2. The van der Waals surface area contributed by atoms with Gasteiger partial charge in [0, 0.05) is 28.9 Å². The molecule has 0 saturated heterocycles. The first-order valence-electron chi connectivity index (χ1n) is 7.40. The van der Waals surface area contributed by atoms with Gasteiger partial charge in [-0.25, -0.2) is 0 Å². The quantitative estimate of drug-likeness (QED) is 0.737. The summed E-state index contributed by atoms with van der Waals surface area (Å²) in [6.45, 7) is 2.09. The highest BCUT2D eigenvalue weighted by Gasteiger charge is 2.13. The van der Waals surface area contributed by atoms with E-state index in [0.29, 0.717) is 12.1 Å². The number of ketones is 1. The number of pyridine rings is 1. The molecule has 23 heavy (non-hydrogen) atoms. The molecule has 2 heterocycles. The summed E-state index contributed by atoms with van der Waals surface area (Å²) in [7, 11) is 0. The van der Waals surface area contributed by atoms with Gasteiger partial charge < -0.3 is 9.88 Å². The average Bonchev–Trinajstić information content (AvgIpc) is 2.93. The molecule has 3 rings (SSSR count). The van der Waals surface area contributed by atoms with E-state index in [9.17, 15) is 9.59 Å². The second kappa shape index (κ2) is 6.44. The van der Waals surface area contributed by atoms with Crippen LogP contribution in [0.25, 0.3) is 10.9 Å². The molecule has 0 saturated carbocycles. The number of aromatic nitrogens is 2. The van der Waals surface area contributed by atoms with Crippen molar-refractivity contribution >= 4 is 22.6 Å². The summed E-state index contributed by atoms with van der Waals surface area (Å²) in [5.74, 6) is -0.125. The summed E-state index contributed by atoms with van der Waals surface area (Å²) in [6.07, 6.45) is 3.44. The standard InChI is InChI=1S/C18H17N3O2/c1-13(22)16-11-21(17-8-3-2-7-15(16)17)12-18(23)20-10-14-6-4-5-9-19-14/h2-9,11H,10,12H2,1H3,(H,20,23). The number of amides is 1. The summed E-state index contributed by atoms with van der Waals surface area (Å²) in [5, 5.41) is 3.72. The van der Waals surface area contributed by atoms with Gasteiger partial charge in [0.05, 0.1) is 12.2 Å². The Morgan fingerprint density at radius 2 is 1.91 bits per heavy atom. The number of carbonyl (C=O) groups excluding carboxylic acids is 2. The normalized spacial score (nSPS) is 10.7. The van der Waals surface area contributed by atoms with E-state index in [2.05, 4.69) is 10.3 Å². The van der Waals surface area contributed by atoms with Crippen molar-refractivity contribution in [1.82, 2.24) is 14.9 Å². The molecule has 3 aromatic rings. The molecule has 1 aromatic carbocycles. The highest BCUT2D eigenvalue weighted by Crippen LogP contribution is 2.21. The summed E-state index contributed by atoms with van der Waals surface area (Å²) in [4.78, 5) is 28.1. The number of hydrogen-bond acceptors (Lipinski definition) is 3. The zero-order valence-corrected chi connectivity index (χ0v) is 12.8. The lowest BCUT2D eigenvalue weighted by Gasteiger charge is -2.07. The van der Waals surface area contributed by atoms with Crippen molar-refractivity contribution in [2.24, 2.45) is 0 Å². The fourth-order valence-corrected chi connectivity index (χ4v) is 2.56. The van der Waals surface area contributed by atoms with Gasteiger partial charge in [-0.2, -0.15) is 0 Å². The average molecular weight is 307 g/mol.